The predicted octanol–water partition coefficient (Wildman–Crippen LogP) is 2.92. The van der Waals surface area contributed by atoms with Gasteiger partial charge in [0.2, 0.25) is 5.91 Å². The lowest BCUT2D eigenvalue weighted by molar-refractivity contribution is -0.160. The third-order valence-corrected chi connectivity index (χ3v) is 12.0. The Labute approximate surface area is 198 Å². The highest BCUT2D eigenvalue weighted by Crippen LogP contribution is 2.45. The Bertz CT molecular complexity index is 858. The first-order valence-electron chi connectivity index (χ1n) is 13.2. The Hall–Kier alpha value is -1.15. The molecule has 4 unspecified atom stereocenters. The minimum absolute atomic E-state index is 0.0220. The first-order chi connectivity index (χ1) is 15.8. The molecule has 5 rings (SSSR count). The number of carbonyl (C=O) groups excluding carboxylic acids is 2. The molecule has 0 radical (unpaired) electrons. The molecule has 0 N–H and O–H groups in total. The third-order valence-electron chi connectivity index (χ3n) is 9.21. The second kappa shape index (κ2) is 9.14. The van der Waals surface area contributed by atoms with Crippen molar-refractivity contribution in [3.8, 4) is 0 Å². The van der Waals surface area contributed by atoms with Crippen molar-refractivity contribution in [2.24, 2.45) is 11.8 Å². The van der Waals surface area contributed by atoms with Crippen molar-refractivity contribution in [1.82, 2.24) is 9.80 Å². The molecule has 5 aliphatic rings. The van der Waals surface area contributed by atoms with Crippen LogP contribution in [0.5, 0.6) is 0 Å². The maximum atomic E-state index is 13.4. The average Bonchev–Trinajstić information content (AvgIpc) is 3.53. The highest BCUT2D eigenvalue weighted by atomic mass is 32.2. The van der Waals surface area contributed by atoms with Crippen LogP contribution in [0.1, 0.15) is 84.5 Å². The van der Waals surface area contributed by atoms with E-state index in [-0.39, 0.29) is 46.5 Å². The fourth-order valence-electron chi connectivity index (χ4n) is 7.40. The number of amides is 2. The highest BCUT2D eigenvalue weighted by Gasteiger charge is 2.49. The lowest BCUT2D eigenvalue weighted by Gasteiger charge is -2.55. The third kappa shape index (κ3) is 4.46. The van der Waals surface area contributed by atoms with Crippen LogP contribution in [0, 0.1) is 11.8 Å². The molecule has 3 saturated carbocycles. The Morgan fingerprint density at radius 2 is 1.48 bits per heavy atom. The first-order valence-corrected chi connectivity index (χ1v) is 14.8. The van der Waals surface area contributed by atoms with Gasteiger partial charge in [-0.2, -0.15) is 0 Å². The summed E-state index contributed by atoms with van der Waals surface area (Å²) in [7, 11) is -2.93. The van der Waals surface area contributed by atoms with Gasteiger partial charge in [-0.05, 0) is 89.4 Å². The van der Waals surface area contributed by atoms with Crippen LogP contribution in [-0.2, 0) is 24.2 Å². The Morgan fingerprint density at radius 1 is 0.848 bits per heavy atom. The summed E-state index contributed by atoms with van der Waals surface area (Å²) in [6.07, 6.45) is 9.56. The first kappa shape index (κ1) is 23.6. The van der Waals surface area contributed by atoms with Gasteiger partial charge in [0.1, 0.15) is 6.10 Å². The van der Waals surface area contributed by atoms with E-state index >= 15 is 0 Å². The molecule has 0 aromatic heterocycles. The maximum absolute atomic E-state index is 13.4. The van der Waals surface area contributed by atoms with Crippen LogP contribution in [0.15, 0.2) is 0 Å². The van der Waals surface area contributed by atoms with Crippen molar-refractivity contribution >= 4 is 21.7 Å². The molecule has 2 heterocycles. The van der Waals surface area contributed by atoms with Crippen LogP contribution < -0.4 is 0 Å². The topological polar surface area (TPSA) is 84.0 Å². The summed E-state index contributed by atoms with van der Waals surface area (Å²) in [6, 6.07) is 0.154. The minimum Gasteiger partial charge on any atom is -0.368 e. The van der Waals surface area contributed by atoms with Gasteiger partial charge in [0.15, 0.2) is 9.84 Å². The van der Waals surface area contributed by atoms with Gasteiger partial charge in [-0.3, -0.25) is 9.59 Å². The molecule has 0 bridgehead atoms. The number of fused-ring (bicyclic) bond motifs is 1. The molecule has 3 aliphatic carbocycles. The quantitative estimate of drug-likeness (QED) is 0.618. The normalized spacial score (nSPS) is 39.9. The van der Waals surface area contributed by atoms with Gasteiger partial charge in [0.05, 0.1) is 22.6 Å². The van der Waals surface area contributed by atoms with Crippen molar-refractivity contribution in [2.75, 3.05) is 13.2 Å². The van der Waals surface area contributed by atoms with Crippen LogP contribution in [-0.4, -0.2) is 77.9 Å². The van der Waals surface area contributed by atoms with Crippen LogP contribution in [0.2, 0.25) is 0 Å². The van der Waals surface area contributed by atoms with E-state index in [0.717, 1.165) is 70.6 Å². The zero-order chi connectivity index (χ0) is 23.3. The van der Waals surface area contributed by atoms with Gasteiger partial charge < -0.3 is 14.5 Å². The fraction of sp³-hybridized carbons (Fsp3) is 0.920. The summed E-state index contributed by atoms with van der Waals surface area (Å²) < 4.78 is 31.1. The van der Waals surface area contributed by atoms with Crippen LogP contribution in [0.3, 0.4) is 0 Å². The second-order valence-corrected chi connectivity index (χ2v) is 13.8. The van der Waals surface area contributed by atoms with E-state index in [1.165, 1.54) is 0 Å². The standard InChI is InChI=1S/C25H40N2O5S/c1-16-15-26(25(29)24-4-3-13-32-24)23-14-19(7-12-22(23)27(16)17(2)28)18-5-8-20(9-6-18)33(30,31)21-10-11-21/h16,18-24H,3-15H2,1-2H3/t16-,18?,19?,20?,22?,23?,24?/m0/s1. The fourth-order valence-corrected chi connectivity index (χ4v) is 9.66. The van der Waals surface area contributed by atoms with E-state index < -0.39 is 9.84 Å². The molecule has 2 saturated heterocycles. The molecule has 186 valence electrons. The lowest BCUT2D eigenvalue weighted by atomic mass is 9.69. The molecule has 5 atom stereocenters. The number of ether oxygens (including phenoxy) is 1. The molecule has 0 aromatic rings. The molecule has 7 nitrogen and oxygen atoms in total. The van der Waals surface area contributed by atoms with Gasteiger partial charge in [-0.25, -0.2) is 8.42 Å². The maximum Gasteiger partial charge on any atom is 0.252 e. The van der Waals surface area contributed by atoms with Gasteiger partial charge in [0.25, 0.3) is 5.91 Å². The summed E-state index contributed by atoms with van der Waals surface area (Å²) >= 11 is 0. The van der Waals surface area contributed by atoms with E-state index in [9.17, 15) is 18.0 Å². The predicted molar refractivity (Wildman–Crippen MR) is 125 cm³/mol. The molecule has 8 heteroatoms. The monoisotopic (exact) mass is 480 g/mol. The Kier molecular flexibility index (Phi) is 6.53. The number of hydrogen-bond donors (Lipinski definition) is 0. The Balaban J connectivity index is 1.29. The van der Waals surface area contributed by atoms with Crippen molar-refractivity contribution in [1.29, 1.82) is 0 Å². The van der Waals surface area contributed by atoms with Crippen molar-refractivity contribution in [3.63, 3.8) is 0 Å². The van der Waals surface area contributed by atoms with E-state index in [4.69, 9.17) is 4.74 Å². The molecule has 33 heavy (non-hydrogen) atoms. The van der Waals surface area contributed by atoms with Gasteiger partial charge in [-0.15, -0.1) is 0 Å². The van der Waals surface area contributed by atoms with Gasteiger partial charge in [0, 0.05) is 26.1 Å². The van der Waals surface area contributed by atoms with E-state index in [1.54, 1.807) is 6.92 Å². The van der Waals surface area contributed by atoms with Crippen molar-refractivity contribution in [2.45, 2.75) is 119 Å². The number of nitrogens with zero attached hydrogens (tertiary/aromatic N) is 2. The molecular weight excluding hydrogens is 440 g/mol. The number of sulfone groups is 1. The summed E-state index contributed by atoms with van der Waals surface area (Å²) in [5, 5.41) is -0.201. The van der Waals surface area contributed by atoms with Crippen molar-refractivity contribution in [3.05, 3.63) is 0 Å². The Morgan fingerprint density at radius 3 is 2.06 bits per heavy atom. The van der Waals surface area contributed by atoms with Crippen LogP contribution in [0.25, 0.3) is 0 Å². The molecular formula is C25H40N2O5S. The lowest BCUT2D eigenvalue weighted by Crippen LogP contribution is -2.68. The highest BCUT2D eigenvalue weighted by molar-refractivity contribution is 7.92. The zero-order valence-electron chi connectivity index (χ0n) is 20.2. The van der Waals surface area contributed by atoms with E-state index in [0.29, 0.717) is 25.0 Å². The smallest absolute Gasteiger partial charge is 0.252 e. The van der Waals surface area contributed by atoms with Gasteiger partial charge in [-0.1, -0.05) is 0 Å². The molecule has 2 amide bonds. The molecule has 0 spiro atoms. The van der Waals surface area contributed by atoms with Gasteiger partial charge >= 0.3 is 0 Å². The van der Waals surface area contributed by atoms with E-state index in [1.807, 2.05) is 4.90 Å². The zero-order valence-corrected chi connectivity index (χ0v) is 21.0. The largest absolute Gasteiger partial charge is 0.368 e. The minimum atomic E-state index is -2.93. The van der Waals surface area contributed by atoms with Crippen LogP contribution in [0.4, 0.5) is 0 Å². The SMILES string of the molecule is CC(=O)N1C2CCC(C3CCC(S(=O)(=O)C4CC4)CC3)CC2N(C(=O)C2CCCO2)C[C@@H]1C. The number of hydrogen-bond acceptors (Lipinski definition) is 5. The van der Waals surface area contributed by atoms with E-state index in [2.05, 4.69) is 11.8 Å². The average molecular weight is 481 g/mol. The summed E-state index contributed by atoms with van der Waals surface area (Å²) in [4.78, 5) is 30.0. The summed E-state index contributed by atoms with van der Waals surface area (Å²) in [6.45, 7) is 4.95. The number of carbonyl (C=O) groups is 2. The second-order valence-electron chi connectivity index (χ2n) is 11.3. The molecule has 2 aliphatic heterocycles. The summed E-state index contributed by atoms with van der Waals surface area (Å²) in [5.41, 5.74) is 0. The number of piperazine rings is 1. The molecule has 0 aromatic carbocycles. The summed E-state index contributed by atoms with van der Waals surface area (Å²) in [5.74, 6) is 1.24. The van der Waals surface area contributed by atoms with Crippen LogP contribution >= 0.6 is 0 Å². The number of rotatable bonds is 4. The molecule has 5 fully saturated rings. The van der Waals surface area contributed by atoms with Crippen molar-refractivity contribution < 1.29 is 22.7 Å².